The fraction of sp³-hybridized carbons (Fsp3) is 0.857. The van der Waals surface area contributed by atoms with Crippen molar-refractivity contribution in [3.8, 4) is 0 Å². The van der Waals surface area contributed by atoms with E-state index in [0.717, 1.165) is 25.9 Å². The highest BCUT2D eigenvalue weighted by Crippen LogP contribution is 2.26. The molecule has 3 unspecified atom stereocenters. The molecule has 3 atom stereocenters. The lowest BCUT2D eigenvalue weighted by molar-refractivity contribution is -0.139. The Morgan fingerprint density at radius 1 is 1.33 bits per heavy atom. The fourth-order valence-electron chi connectivity index (χ4n) is 3.28. The fourth-order valence-corrected chi connectivity index (χ4v) is 3.28. The Labute approximate surface area is 125 Å². The summed E-state index contributed by atoms with van der Waals surface area (Å²) in [5, 5.41) is 14.4. The van der Waals surface area contributed by atoms with Crippen LogP contribution >= 0.6 is 0 Å². The Morgan fingerprint density at radius 2 is 2.14 bits per heavy atom. The number of urea groups is 1. The molecule has 120 valence electrons. The molecule has 7 nitrogen and oxygen atoms in total. The van der Waals surface area contributed by atoms with Gasteiger partial charge >= 0.3 is 12.0 Å². The van der Waals surface area contributed by atoms with Gasteiger partial charge in [-0.1, -0.05) is 6.42 Å². The zero-order valence-corrected chi connectivity index (χ0v) is 12.5. The van der Waals surface area contributed by atoms with Gasteiger partial charge in [0.25, 0.3) is 0 Å². The molecule has 2 saturated heterocycles. The Kier molecular flexibility index (Phi) is 5.81. The maximum Gasteiger partial charge on any atom is 0.315 e. The predicted octanol–water partition coefficient (Wildman–Crippen LogP) is 0.402. The number of nitrogens with zero attached hydrogens (tertiary/aromatic N) is 1. The maximum absolute atomic E-state index is 11.9. The standard InChI is InChI=1S/C14H25N3O4/c1-21-10(8-13(18)19)9-15-14(20)16-11-5-7-17-6-3-2-4-12(11)17/h10-12H,2-9H2,1H3,(H,18,19)(H2,15,16,20). The van der Waals surface area contributed by atoms with Gasteiger partial charge in [0.05, 0.1) is 12.5 Å². The van der Waals surface area contributed by atoms with E-state index in [1.807, 2.05) is 0 Å². The summed E-state index contributed by atoms with van der Waals surface area (Å²) in [5.41, 5.74) is 0. The van der Waals surface area contributed by atoms with Crippen molar-refractivity contribution in [1.82, 2.24) is 15.5 Å². The molecule has 7 heteroatoms. The first-order chi connectivity index (χ1) is 10.1. The van der Waals surface area contributed by atoms with Crippen molar-refractivity contribution in [3.63, 3.8) is 0 Å². The van der Waals surface area contributed by atoms with E-state index >= 15 is 0 Å². The molecule has 0 aromatic rings. The molecule has 2 rings (SSSR count). The minimum absolute atomic E-state index is 0.114. The third-order valence-corrected chi connectivity index (χ3v) is 4.40. The van der Waals surface area contributed by atoms with E-state index in [4.69, 9.17) is 9.84 Å². The molecule has 2 aliphatic heterocycles. The van der Waals surface area contributed by atoms with Crippen molar-refractivity contribution >= 4 is 12.0 Å². The number of fused-ring (bicyclic) bond motifs is 1. The lowest BCUT2D eigenvalue weighted by Gasteiger charge is -2.32. The summed E-state index contributed by atoms with van der Waals surface area (Å²) in [4.78, 5) is 25.0. The molecular weight excluding hydrogens is 274 g/mol. The van der Waals surface area contributed by atoms with Gasteiger partial charge in [-0.2, -0.15) is 0 Å². The Balaban J connectivity index is 1.73. The molecule has 2 fully saturated rings. The average Bonchev–Trinajstić information content (AvgIpc) is 2.86. The lowest BCUT2D eigenvalue weighted by atomic mass is 9.99. The SMILES string of the molecule is COC(CNC(=O)NC1CCN2CCCCC12)CC(=O)O. The average molecular weight is 299 g/mol. The second-order valence-corrected chi connectivity index (χ2v) is 5.80. The zero-order chi connectivity index (χ0) is 15.2. The largest absolute Gasteiger partial charge is 0.481 e. The molecule has 2 heterocycles. The van der Waals surface area contributed by atoms with Gasteiger partial charge in [0, 0.05) is 32.3 Å². The molecule has 0 aromatic heterocycles. The quantitative estimate of drug-likeness (QED) is 0.660. The van der Waals surface area contributed by atoms with Crippen LogP contribution in [0.5, 0.6) is 0 Å². The van der Waals surface area contributed by atoms with Gasteiger partial charge in [-0.05, 0) is 25.8 Å². The maximum atomic E-state index is 11.9. The van der Waals surface area contributed by atoms with Crippen molar-refractivity contribution in [2.45, 2.75) is 50.3 Å². The molecule has 0 bridgehead atoms. The van der Waals surface area contributed by atoms with E-state index in [0.29, 0.717) is 6.04 Å². The molecule has 0 aliphatic carbocycles. The van der Waals surface area contributed by atoms with Crippen LogP contribution in [-0.2, 0) is 9.53 Å². The highest BCUT2D eigenvalue weighted by atomic mass is 16.5. The van der Waals surface area contributed by atoms with E-state index in [9.17, 15) is 9.59 Å². The van der Waals surface area contributed by atoms with Crippen LogP contribution in [0.1, 0.15) is 32.1 Å². The summed E-state index contributed by atoms with van der Waals surface area (Å²) in [6.07, 6.45) is 4.00. The first-order valence-electron chi connectivity index (χ1n) is 7.63. The van der Waals surface area contributed by atoms with Gasteiger partial charge in [-0.25, -0.2) is 4.79 Å². The number of carbonyl (C=O) groups is 2. The monoisotopic (exact) mass is 299 g/mol. The summed E-state index contributed by atoms with van der Waals surface area (Å²) in [5.74, 6) is -0.933. The number of hydrogen-bond donors (Lipinski definition) is 3. The van der Waals surface area contributed by atoms with Crippen LogP contribution in [-0.4, -0.2) is 66.9 Å². The lowest BCUT2D eigenvalue weighted by Crippen LogP contribution is -2.50. The summed E-state index contributed by atoms with van der Waals surface area (Å²) in [6.45, 7) is 2.39. The summed E-state index contributed by atoms with van der Waals surface area (Å²) >= 11 is 0. The zero-order valence-electron chi connectivity index (χ0n) is 12.5. The minimum Gasteiger partial charge on any atom is -0.481 e. The summed E-state index contributed by atoms with van der Waals surface area (Å²) in [7, 11) is 1.45. The number of piperidine rings is 1. The third-order valence-electron chi connectivity index (χ3n) is 4.40. The number of carbonyl (C=O) groups excluding carboxylic acids is 1. The van der Waals surface area contributed by atoms with Gasteiger partial charge in [0.15, 0.2) is 0 Å². The number of nitrogens with one attached hydrogen (secondary N) is 2. The number of ether oxygens (including phenoxy) is 1. The van der Waals surface area contributed by atoms with Crippen LogP contribution in [0.25, 0.3) is 0 Å². The summed E-state index contributed by atoms with van der Waals surface area (Å²) < 4.78 is 5.04. The predicted molar refractivity (Wildman–Crippen MR) is 77.2 cm³/mol. The molecule has 3 N–H and O–H groups in total. The van der Waals surface area contributed by atoms with Crippen LogP contribution in [0.3, 0.4) is 0 Å². The number of carboxylic acids is 1. The number of aliphatic carboxylic acids is 1. The molecule has 21 heavy (non-hydrogen) atoms. The molecule has 2 aliphatic rings. The Morgan fingerprint density at radius 3 is 2.86 bits per heavy atom. The van der Waals surface area contributed by atoms with Crippen molar-refractivity contribution in [2.24, 2.45) is 0 Å². The van der Waals surface area contributed by atoms with Crippen molar-refractivity contribution in [1.29, 1.82) is 0 Å². The van der Waals surface area contributed by atoms with Crippen LogP contribution < -0.4 is 10.6 Å². The highest BCUT2D eigenvalue weighted by molar-refractivity contribution is 5.74. The van der Waals surface area contributed by atoms with E-state index in [1.54, 1.807) is 0 Å². The van der Waals surface area contributed by atoms with E-state index in [1.165, 1.54) is 20.0 Å². The van der Waals surface area contributed by atoms with Gasteiger partial charge in [0.2, 0.25) is 0 Å². The molecule has 0 aromatic carbocycles. The van der Waals surface area contributed by atoms with Gasteiger partial charge in [-0.3, -0.25) is 9.69 Å². The number of hydrogen-bond acceptors (Lipinski definition) is 4. The normalized spacial score (nSPS) is 26.9. The molecule has 0 spiro atoms. The minimum atomic E-state index is -0.933. The third kappa shape index (κ3) is 4.57. The second-order valence-electron chi connectivity index (χ2n) is 5.80. The van der Waals surface area contributed by atoms with Crippen molar-refractivity contribution in [2.75, 3.05) is 26.7 Å². The Bertz CT molecular complexity index is 377. The van der Waals surface area contributed by atoms with E-state index < -0.39 is 12.1 Å². The van der Waals surface area contributed by atoms with E-state index in [-0.39, 0.29) is 25.0 Å². The molecule has 0 radical (unpaired) electrons. The van der Waals surface area contributed by atoms with Gasteiger partial charge in [0.1, 0.15) is 0 Å². The van der Waals surface area contributed by atoms with Crippen molar-refractivity contribution in [3.05, 3.63) is 0 Å². The molecule has 0 saturated carbocycles. The van der Waals surface area contributed by atoms with Crippen LogP contribution in [0, 0.1) is 0 Å². The van der Waals surface area contributed by atoms with Crippen LogP contribution in [0.4, 0.5) is 4.79 Å². The number of amides is 2. The Hall–Kier alpha value is -1.34. The topological polar surface area (TPSA) is 90.9 Å². The second kappa shape index (κ2) is 7.61. The first kappa shape index (κ1) is 16.0. The van der Waals surface area contributed by atoms with Gasteiger partial charge in [-0.15, -0.1) is 0 Å². The highest BCUT2D eigenvalue weighted by Gasteiger charge is 2.36. The van der Waals surface area contributed by atoms with Crippen LogP contribution in [0.2, 0.25) is 0 Å². The number of carboxylic acid groups (broad SMARTS) is 1. The van der Waals surface area contributed by atoms with Gasteiger partial charge < -0.3 is 20.5 Å². The smallest absolute Gasteiger partial charge is 0.315 e. The summed E-state index contributed by atoms with van der Waals surface area (Å²) in [6, 6.07) is 0.423. The number of methoxy groups -OCH3 is 1. The molecule has 2 amide bonds. The molecular formula is C14H25N3O4. The number of rotatable bonds is 6. The van der Waals surface area contributed by atoms with Crippen molar-refractivity contribution < 1.29 is 19.4 Å². The van der Waals surface area contributed by atoms with E-state index in [2.05, 4.69) is 15.5 Å². The first-order valence-corrected chi connectivity index (χ1v) is 7.63. The van der Waals surface area contributed by atoms with Crippen LogP contribution in [0.15, 0.2) is 0 Å².